The van der Waals surface area contributed by atoms with Gasteiger partial charge in [-0.15, -0.1) is 0 Å². The molecule has 4 heteroatoms. The number of nitrogens with one attached hydrogen (secondary N) is 2. The van der Waals surface area contributed by atoms with Gasteiger partial charge in [-0.25, -0.2) is 0 Å². The molecule has 0 aliphatic carbocycles. The van der Waals surface area contributed by atoms with Crippen LogP contribution in [0.25, 0.3) is 0 Å². The van der Waals surface area contributed by atoms with E-state index in [1.807, 2.05) is 19.2 Å². The van der Waals surface area contributed by atoms with Crippen LogP contribution < -0.4 is 15.4 Å². The van der Waals surface area contributed by atoms with Crippen molar-refractivity contribution < 1.29 is 4.74 Å². The molecule has 0 saturated heterocycles. The van der Waals surface area contributed by atoms with Gasteiger partial charge >= 0.3 is 0 Å². The summed E-state index contributed by atoms with van der Waals surface area (Å²) in [6.45, 7) is 5.19. The Morgan fingerprint density at radius 3 is 2.52 bits per heavy atom. The van der Waals surface area contributed by atoms with Crippen molar-refractivity contribution in [2.45, 2.75) is 52.1 Å². The van der Waals surface area contributed by atoms with Crippen molar-refractivity contribution in [3.05, 3.63) is 29.8 Å². The summed E-state index contributed by atoms with van der Waals surface area (Å²) in [4.78, 5) is 4.27. The molecule has 0 aromatic heterocycles. The van der Waals surface area contributed by atoms with E-state index >= 15 is 0 Å². The van der Waals surface area contributed by atoms with Crippen LogP contribution in [-0.2, 0) is 6.54 Å². The third kappa shape index (κ3) is 7.02. The maximum atomic E-state index is 5.16. The summed E-state index contributed by atoms with van der Waals surface area (Å²) in [6.07, 6.45) is 5.00. The van der Waals surface area contributed by atoms with E-state index in [0.29, 0.717) is 6.04 Å². The summed E-state index contributed by atoms with van der Waals surface area (Å²) in [5.74, 6) is 1.74. The quantitative estimate of drug-likeness (QED) is 0.439. The highest BCUT2D eigenvalue weighted by Crippen LogP contribution is 2.10. The first-order valence-electron chi connectivity index (χ1n) is 7.79. The van der Waals surface area contributed by atoms with E-state index in [2.05, 4.69) is 41.6 Å². The fourth-order valence-electron chi connectivity index (χ4n) is 2.13. The molecule has 1 aromatic rings. The molecular weight excluding hydrogens is 262 g/mol. The van der Waals surface area contributed by atoms with Gasteiger partial charge in [0.05, 0.1) is 7.11 Å². The fourth-order valence-corrected chi connectivity index (χ4v) is 2.13. The van der Waals surface area contributed by atoms with Crippen LogP contribution in [0.15, 0.2) is 29.3 Å². The SMILES string of the molecule is CCCCCC(C)NC(=NC)NCc1ccc(OC)cc1. The molecule has 1 atom stereocenters. The predicted molar refractivity (Wildman–Crippen MR) is 89.9 cm³/mol. The van der Waals surface area contributed by atoms with Crippen molar-refractivity contribution >= 4 is 5.96 Å². The zero-order valence-electron chi connectivity index (χ0n) is 13.8. The molecule has 118 valence electrons. The molecule has 1 rings (SSSR count). The molecule has 0 radical (unpaired) electrons. The van der Waals surface area contributed by atoms with Crippen LogP contribution in [0.3, 0.4) is 0 Å². The number of nitrogens with zero attached hydrogens (tertiary/aromatic N) is 1. The minimum absolute atomic E-state index is 0.443. The first-order valence-corrected chi connectivity index (χ1v) is 7.79. The topological polar surface area (TPSA) is 45.7 Å². The molecule has 0 saturated carbocycles. The zero-order chi connectivity index (χ0) is 15.5. The Kier molecular flexibility index (Phi) is 8.32. The minimum Gasteiger partial charge on any atom is -0.497 e. The molecule has 2 N–H and O–H groups in total. The van der Waals surface area contributed by atoms with Crippen LogP contribution in [0.2, 0.25) is 0 Å². The molecule has 1 aromatic carbocycles. The smallest absolute Gasteiger partial charge is 0.191 e. The van der Waals surface area contributed by atoms with Crippen LogP contribution in [0.1, 0.15) is 45.1 Å². The molecule has 4 nitrogen and oxygen atoms in total. The number of guanidine groups is 1. The standard InChI is InChI=1S/C17H29N3O/c1-5-6-7-8-14(2)20-17(18-3)19-13-15-9-11-16(21-4)12-10-15/h9-12,14H,5-8,13H2,1-4H3,(H2,18,19,20). The van der Waals surface area contributed by atoms with Gasteiger partial charge in [0, 0.05) is 19.6 Å². The summed E-state index contributed by atoms with van der Waals surface area (Å²) in [7, 11) is 3.49. The van der Waals surface area contributed by atoms with Crippen LogP contribution in [0, 0.1) is 0 Å². The van der Waals surface area contributed by atoms with E-state index in [1.165, 1.54) is 31.2 Å². The van der Waals surface area contributed by atoms with E-state index < -0.39 is 0 Å². The summed E-state index contributed by atoms with van der Waals surface area (Å²) in [6, 6.07) is 8.51. The molecule has 0 amide bonds. The van der Waals surface area contributed by atoms with Crippen molar-refractivity contribution in [1.82, 2.24) is 10.6 Å². The Labute approximate surface area is 129 Å². The normalized spacial score (nSPS) is 12.9. The van der Waals surface area contributed by atoms with Gasteiger partial charge in [0.1, 0.15) is 5.75 Å². The Bertz CT molecular complexity index is 415. The lowest BCUT2D eigenvalue weighted by Gasteiger charge is -2.18. The van der Waals surface area contributed by atoms with Gasteiger partial charge in [-0.3, -0.25) is 4.99 Å². The van der Waals surface area contributed by atoms with Crippen LogP contribution in [-0.4, -0.2) is 26.2 Å². The Morgan fingerprint density at radius 1 is 1.24 bits per heavy atom. The molecule has 0 aliphatic heterocycles. The summed E-state index contributed by atoms with van der Waals surface area (Å²) in [5, 5.41) is 6.78. The van der Waals surface area contributed by atoms with Gasteiger partial charge in [-0.1, -0.05) is 38.3 Å². The second-order valence-corrected chi connectivity index (χ2v) is 5.32. The zero-order valence-corrected chi connectivity index (χ0v) is 13.8. The van der Waals surface area contributed by atoms with E-state index in [1.54, 1.807) is 7.11 Å². The van der Waals surface area contributed by atoms with Crippen LogP contribution >= 0.6 is 0 Å². The van der Waals surface area contributed by atoms with Gasteiger partial charge in [-0.2, -0.15) is 0 Å². The Morgan fingerprint density at radius 2 is 1.95 bits per heavy atom. The van der Waals surface area contributed by atoms with Gasteiger partial charge in [0.2, 0.25) is 0 Å². The average Bonchev–Trinajstić information content (AvgIpc) is 2.52. The van der Waals surface area contributed by atoms with Gasteiger partial charge < -0.3 is 15.4 Å². The molecule has 0 fully saturated rings. The highest BCUT2D eigenvalue weighted by molar-refractivity contribution is 5.79. The van der Waals surface area contributed by atoms with Crippen molar-refractivity contribution in [2.24, 2.45) is 4.99 Å². The third-order valence-electron chi connectivity index (χ3n) is 3.47. The predicted octanol–water partition coefficient (Wildman–Crippen LogP) is 3.33. The number of aliphatic imine (C=N–C) groups is 1. The lowest BCUT2D eigenvalue weighted by molar-refractivity contribution is 0.414. The Hall–Kier alpha value is -1.71. The largest absolute Gasteiger partial charge is 0.497 e. The number of rotatable bonds is 8. The van der Waals surface area contributed by atoms with E-state index in [9.17, 15) is 0 Å². The van der Waals surface area contributed by atoms with Crippen molar-refractivity contribution in [2.75, 3.05) is 14.2 Å². The molecule has 0 bridgehead atoms. The highest BCUT2D eigenvalue weighted by atomic mass is 16.5. The van der Waals surface area contributed by atoms with Crippen molar-refractivity contribution in [1.29, 1.82) is 0 Å². The lowest BCUT2D eigenvalue weighted by atomic mass is 10.1. The van der Waals surface area contributed by atoms with Crippen LogP contribution in [0.5, 0.6) is 5.75 Å². The van der Waals surface area contributed by atoms with Gasteiger partial charge in [0.25, 0.3) is 0 Å². The van der Waals surface area contributed by atoms with Gasteiger partial charge in [0.15, 0.2) is 5.96 Å². The maximum absolute atomic E-state index is 5.16. The number of ether oxygens (including phenoxy) is 1. The number of benzene rings is 1. The second kappa shape index (κ2) is 10.1. The van der Waals surface area contributed by atoms with E-state index in [0.717, 1.165) is 18.3 Å². The Balaban J connectivity index is 2.36. The first-order chi connectivity index (χ1) is 10.2. The molecule has 21 heavy (non-hydrogen) atoms. The molecule has 0 aliphatic rings. The second-order valence-electron chi connectivity index (χ2n) is 5.32. The molecule has 0 spiro atoms. The fraction of sp³-hybridized carbons (Fsp3) is 0.588. The molecular formula is C17H29N3O. The number of methoxy groups -OCH3 is 1. The van der Waals surface area contributed by atoms with Crippen molar-refractivity contribution in [3.8, 4) is 5.75 Å². The maximum Gasteiger partial charge on any atom is 0.191 e. The monoisotopic (exact) mass is 291 g/mol. The summed E-state index contributed by atoms with van der Waals surface area (Å²) >= 11 is 0. The highest BCUT2D eigenvalue weighted by Gasteiger charge is 2.04. The minimum atomic E-state index is 0.443. The third-order valence-corrected chi connectivity index (χ3v) is 3.47. The molecule has 1 unspecified atom stereocenters. The van der Waals surface area contributed by atoms with Crippen molar-refractivity contribution in [3.63, 3.8) is 0 Å². The first kappa shape index (κ1) is 17.3. The number of hydrogen-bond donors (Lipinski definition) is 2. The lowest BCUT2D eigenvalue weighted by Crippen LogP contribution is -2.41. The molecule has 0 heterocycles. The average molecular weight is 291 g/mol. The van der Waals surface area contributed by atoms with Gasteiger partial charge in [-0.05, 0) is 31.0 Å². The van der Waals surface area contributed by atoms with Crippen LogP contribution in [0.4, 0.5) is 0 Å². The number of unbranched alkanes of at least 4 members (excludes halogenated alkanes) is 2. The summed E-state index contributed by atoms with van der Waals surface area (Å²) in [5.41, 5.74) is 1.21. The van der Waals surface area contributed by atoms with E-state index in [4.69, 9.17) is 4.74 Å². The number of hydrogen-bond acceptors (Lipinski definition) is 2. The summed E-state index contributed by atoms with van der Waals surface area (Å²) < 4.78 is 5.16. The van der Waals surface area contributed by atoms with E-state index in [-0.39, 0.29) is 0 Å².